The Morgan fingerprint density at radius 1 is 0.952 bits per heavy atom. The van der Waals surface area contributed by atoms with E-state index in [4.69, 9.17) is 5.73 Å². The number of hydrogen-bond acceptors (Lipinski definition) is 1. The van der Waals surface area contributed by atoms with Gasteiger partial charge in [-0.25, -0.2) is 0 Å². The van der Waals surface area contributed by atoms with Gasteiger partial charge in [-0.1, -0.05) is 39.0 Å². The Morgan fingerprint density at radius 3 is 2.48 bits per heavy atom. The molecular weight excluding hydrogens is 254 g/mol. The molecule has 120 valence electrons. The van der Waals surface area contributed by atoms with Gasteiger partial charge in [0.1, 0.15) is 0 Å². The maximum Gasteiger partial charge on any atom is 0.0167 e. The summed E-state index contributed by atoms with van der Waals surface area (Å²) in [4.78, 5) is 0. The topological polar surface area (TPSA) is 26.0 Å². The maximum absolute atomic E-state index is 6.97. The number of rotatable bonds is 4. The maximum atomic E-state index is 6.97. The van der Waals surface area contributed by atoms with E-state index in [0.717, 1.165) is 11.8 Å². The van der Waals surface area contributed by atoms with Crippen LogP contribution in [-0.4, -0.2) is 5.54 Å². The molecule has 1 nitrogen and oxygen atoms in total. The first kappa shape index (κ1) is 14.5. The van der Waals surface area contributed by atoms with E-state index in [9.17, 15) is 0 Å². The minimum Gasteiger partial charge on any atom is -0.325 e. The van der Waals surface area contributed by atoms with Crippen LogP contribution in [-0.2, 0) is 0 Å². The molecule has 5 saturated carbocycles. The standard InChI is InChI=1S/C20H35N/c1-2-3-9-18-10-16-11-19(13-18,15-20(21,12-16)14-18)17-7-5-4-6-8-17/h16-17H,2-15,21H2,1H3. The Hall–Kier alpha value is -0.0400. The third-order valence-corrected chi connectivity index (χ3v) is 7.80. The summed E-state index contributed by atoms with van der Waals surface area (Å²) in [5.41, 5.74) is 8.52. The van der Waals surface area contributed by atoms with Gasteiger partial charge in [0, 0.05) is 5.54 Å². The summed E-state index contributed by atoms with van der Waals surface area (Å²) in [6, 6.07) is 0. The third kappa shape index (κ3) is 2.38. The summed E-state index contributed by atoms with van der Waals surface area (Å²) in [6.45, 7) is 2.36. The van der Waals surface area contributed by atoms with Gasteiger partial charge in [0.15, 0.2) is 0 Å². The largest absolute Gasteiger partial charge is 0.325 e. The average molecular weight is 290 g/mol. The highest BCUT2D eigenvalue weighted by atomic mass is 14.8. The monoisotopic (exact) mass is 289 g/mol. The Bertz CT molecular complexity index is 399. The van der Waals surface area contributed by atoms with Crippen molar-refractivity contribution < 1.29 is 0 Å². The molecule has 0 aromatic rings. The van der Waals surface area contributed by atoms with Crippen LogP contribution >= 0.6 is 0 Å². The van der Waals surface area contributed by atoms with E-state index in [0.29, 0.717) is 10.8 Å². The lowest BCUT2D eigenvalue weighted by Crippen LogP contribution is -2.65. The van der Waals surface area contributed by atoms with E-state index in [1.54, 1.807) is 12.8 Å². The van der Waals surface area contributed by atoms with E-state index in [-0.39, 0.29) is 5.54 Å². The molecule has 0 saturated heterocycles. The predicted octanol–water partition coefficient (Wildman–Crippen LogP) is 5.42. The van der Waals surface area contributed by atoms with Gasteiger partial charge < -0.3 is 5.73 Å². The zero-order valence-corrected chi connectivity index (χ0v) is 14.1. The summed E-state index contributed by atoms with van der Waals surface area (Å²) in [7, 11) is 0. The molecule has 5 aliphatic carbocycles. The highest BCUT2D eigenvalue weighted by Crippen LogP contribution is 2.70. The summed E-state index contributed by atoms with van der Waals surface area (Å²) >= 11 is 0. The molecule has 0 amide bonds. The van der Waals surface area contributed by atoms with Crippen LogP contribution in [0.2, 0.25) is 0 Å². The molecule has 0 aliphatic heterocycles. The average Bonchev–Trinajstić information content (AvgIpc) is 2.44. The first-order chi connectivity index (χ1) is 10.1. The fourth-order valence-corrected chi connectivity index (χ4v) is 7.79. The van der Waals surface area contributed by atoms with Gasteiger partial charge in [-0.15, -0.1) is 0 Å². The van der Waals surface area contributed by atoms with Crippen LogP contribution in [0.3, 0.4) is 0 Å². The van der Waals surface area contributed by atoms with Crippen LogP contribution in [0, 0.1) is 22.7 Å². The lowest BCUT2D eigenvalue weighted by molar-refractivity contribution is -0.154. The van der Waals surface area contributed by atoms with Gasteiger partial charge in [0.25, 0.3) is 0 Å². The van der Waals surface area contributed by atoms with E-state index in [2.05, 4.69) is 6.92 Å². The SMILES string of the molecule is CCCCC12CC3CC(N)(C1)CC(C1CCCCC1)(C3)C2. The quantitative estimate of drug-likeness (QED) is 0.734. The zero-order valence-electron chi connectivity index (χ0n) is 14.1. The molecule has 4 unspecified atom stereocenters. The first-order valence-corrected chi connectivity index (χ1v) is 9.86. The Labute approximate surface area is 131 Å². The smallest absolute Gasteiger partial charge is 0.0167 e. The fraction of sp³-hybridized carbons (Fsp3) is 1.00. The van der Waals surface area contributed by atoms with Gasteiger partial charge >= 0.3 is 0 Å². The third-order valence-electron chi connectivity index (χ3n) is 7.80. The van der Waals surface area contributed by atoms with Crippen molar-refractivity contribution in [3.8, 4) is 0 Å². The highest BCUT2D eigenvalue weighted by molar-refractivity contribution is 5.16. The van der Waals surface area contributed by atoms with Crippen LogP contribution in [0.4, 0.5) is 0 Å². The van der Waals surface area contributed by atoms with Gasteiger partial charge in [0.05, 0.1) is 0 Å². The minimum absolute atomic E-state index is 0.227. The van der Waals surface area contributed by atoms with Crippen molar-refractivity contribution in [3.05, 3.63) is 0 Å². The Morgan fingerprint density at radius 2 is 1.76 bits per heavy atom. The van der Waals surface area contributed by atoms with Crippen molar-refractivity contribution in [3.63, 3.8) is 0 Å². The van der Waals surface area contributed by atoms with Crippen LogP contribution < -0.4 is 5.73 Å². The van der Waals surface area contributed by atoms with Crippen molar-refractivity contribution in [2.45, 2.75) is 102 Å². The number of unbranched alkanes of at least 4 members (excludes halogenated alkanes) is 1. The molecule has 5 rings (SSSR count). The van der Waals surface area contributed by atoms with Gasteiger partial charge in [-0.3, -0.25) is 0 Å². The molecule has 4 atom stereocenters. The van der Waals surface area contributed by atoms with E-state index < -0.39 is 0 Å². The highest BCUT2D eigenvalue weighted by Gasteiger charge is 2.63. The molecule has 0 aromatic heterocycles. The lowest BCUT2D eigenvalue weighted by Gasteiger charge is -2.68. The number of nitrogens with two attached hydrogens (primary N) is 1. The first-order valence-electron chi connectivity index (χ1n) is 9.86. The number of hydrogen-bond donors (Lipinski definition) is 1. The molecule has 21 heavy (non-hydrogen) atoms. The molecule has 0 aromatic carbocycles. The van der Waals surface area contributed by atoms with E-state index in [1.165, 1.54) is 77.0 Å². The van der Waals surface area contributed by atoms with Crippen molar-refractivity contribution >= 4 is 0 Å². The molecular formula is C20H35N. The van der Waals surface area contributed by atoms with Crippen LogP contribution in [0.5, 0.6) is 0 Å². The van der Waals surface area contributed by atoms with E-state index in [1.807, 2.05) is 0 Å². The second kappa shape index (κ2) is 4.98. The van der Waals surface area contributed by atoms with Crippen molar-refractivity contribution in [1.29, 1.82) is 0 Å². The molecule has 0 spiro atoms. The van der Waals surface area contributed by atoms with Gasteiger partial charge in [0.2, 0.25) is 0 Å². The summed E-state index contributed by atoms with van der Waals surface area (Å²) in [5.74, 6) is 2.00. The minimum atomic E-state index is 0.227. The molecule has 5 fully saturated rings. The van der Waals surface area contributed by atoms with Crippen molar-refractivity contribution in [2.75, 3.05) is 0 Å². The molecule has 0 radical (unpaired) electrons. The van der Waals surface area contributed by atoms with Crippen molar-refractivity contribution in [1.82, 2.24) is 0 Å². The van der Waals surface area contributed by atoms with Gasteiger partial charge in [-0.2, -0.15) is 0 Å². The lowest BCUT2D eigenvalue weighted by atomic mass is 9.38. The molecule has 4 bridgehead atoms. The predicted molar refractivity (Wildman–Crippen MR) is 89.1 cm³/mol. The Kier molecular flexibility index (Phi) is 3.45. The second-order valence-corrected chi connectivity index (χ2v) is 9.67. The fourth-order valence-electron chi connectivity index (χ4n) is 7.79. The van der Waals surface area contributed by atoms with Crippen LogP contribution in [0.25, 0.3) is 0 Å². The summed E-state index contributed by atoms with van der Waals surface area (Å²) < 4.78 is 0. The van der Waals surface area contributed by atoms with Crippen LogP contribution in [0.1, 0.15) is 96.8 Å². The molecule has 0 heterocycles. The second-order valence-electron chi connectivity index (χ2n) is 9.67. The molecule has 2 N–H and O–H groups in total. The molecule has 1 heteroatoms. The summed E-state index contributed by atoms with van der Waals surface area (Å²) in [5, 5.41) is 0. The Balaban J connectivity index is 1.63. The zero-order chi connectivity index (χ0) is 14.6. The summed E-state index contributed by atoms with van der Waals surface area (Å²) in [6.07, 6.45) is 20.5. The van der Waals surface area contributed by atoms with Crippen LogP contribution in [0.15, 0.2) is 0 Å². The van der Waals surface area contributed by atoms with E-state index >= 15 is 0 Å². The van der Waals surface area contributed by atoms with Gasteiger partial charge in [-0.05, 0) is 80.5 Å². The normalized spacial score (nSPS) is 49.7. The molecule has 5 aliphatic rings. The van der Waals surface area contributed by atoms with Crippen molar-refractivity contribution in [2.24, 2.45) is 28.4 Å².